The third-order valence-corrected chi connectivity index (χ3v) is 2.57. The van der Waals surface area contributed by atoms with Crippen LogP contribution in [0.5, 0.6) is 0 Å². The molecule has 2 rings (SSSR count). The van der Waals surface area contributed by atoms with Gasteiger partial charge in [0.05, 0.1) is 0 Å². The summed E-state index contributed by atoms with van der Waals surface area (Å²) < 4.78 is 1.74. The minimum Gasteiger partial charge on any atom is -0.327 e. The predicted molar refractivity (Wildman–Crippen MR) is 63.3 cm³/mol. The summed E-state index contributed by atoms with van der Waals surface area (Å²) in [5, 5.41) is 4.12. The second kappa shape index (κ2) is 4.90. The second-order valence-corrected chi connectivity index (χ2v) is 3.85. The van der Waals surface area contributed by atoms with E-state index in [1.54, 1.807) is 10.9 Å². The monoisotopic (exact) mass is 216 g/mol. The van der Waals surface area contributed by atoms with Gasteiger partial charge in [0.15, 0.2) is 5.82 Å². The van der Waals surface area contributed by atoms with Gasteiger partial charge in [-0.15, -0.1) is 0 Å². The predicted octanol–water partition coefficient (Wildman–Crippen LogP) is 1.55. The Kier molecular flexibility index (Phi) is 3.31. The minimum absolute atomic E-state index is 0.220. The Morgan fingerprint density at radius 3 is 2.88 bits per heavy atom. The molecular formula is C12H16N4. The van der Waals surface area contributed by atoms with Crippen LogP contribution < -0.4 is 5.73 Å². The van der Waals surface area contributed by atoms with Gasteiger partial charge in [-0.05, 0) is 30.5 Å². The molecule has 16 heavy (non-hydrogen) atoms. The highest BCUT2D eigenvalue weighted by Crippen LogP contribution is 2.07. The molecule has 84 valence electrons. The van der Waals surface area contributed by atoms with Crippen LogP contribution in [-0.2, 0) is 6.42 Å². The summed E-state index contributed by atoms with van der Waals surface area (Å²) in [5.41, 5.74) is 7.06. The highest BCUT2D eigenvalue weighted by Gasteiger charge is 2.02. The molecule has 0 aliphatic heterocycles. The lowest BCUT2D eigenvalue weighted by Crippen LogP contribution is -2.21. The Morgan fingerprint density at radius 1 is 1.44 bits per heavy atom. The zero-order valence-corrected chi connectivity index (χ0v) is 9.37. The molecule has 2 heterocycles. The van der Waals surface area contributed by atoms with Crippen LogP contribution in [0.1, 0.15) is 18.9 Å². The molecule has 2 aromatic rings. The number of hydrogen-bond donors (Lipinski definition) is 1. The van der Waals surface area contributed by atoms with Gasteiger partial charge in [0, 0.05) is 24.6 Å². The van der Waals surface area contributed by atoms with E-state index in [-0.39, 0.29) is 6.04 Å². The Hall–Kier alpha value is -1.68. The molecule has 0 fully saturated rings. The number of pyridine rings is 1. The van der Waals surface area contributed by atoms with Crippen LogP contribution in [0.15, 0.2) is 36.8 Å². The molecular weight excluding hydrogens is 200 g/mol. The van der Waals surface area contributed by atoms with Crippen LogP contribution in [0, 0.1) is 0 Å². The Morgan fingerprint density at radius 2 is 2.31 bits per heavy atom. The van der Waals surface area contributed by atoms with Crippen LogP contribution in [0.4, 0.5) is 0 Å². The highest BCUT2D eigenvalue weighted by atomic mass is 15.3. The first-order chi connectivity index (χ1) is 7.79. The maximum atomic E-state index is 5.89. The fraction of sp³-hybridized carbons (Fsp3) is 0.333. The van der Waals surface area contributed by atoms with E-state index in [2.05, 4.69) is 23.1 Å². The van der Waals surface area contributed by atoms with E-state index in [4.69, 9.17) is 5.73 Å². The van der Waals surface area contributed by atoms with Gasteiger partial charge in [-0.25, -0.2) is 9.67 Å². The van der Waals surface area contributed by atoms with E-state index in [0.717, 1.165) is 18.7 Å². The molecule has 0 saturated heterocycles. The molecule has 0 aromatic carbocycles. The number of nitrogens with zero attached hydrogens (tertiary/aromatic N) is 3. The first-order valence-corrected chi connectivity index (χ1v) is 5.50. The molecule has 1 unspecified atom stereocenters. The average Bonchev–Trinajstić information content (AvgIpc) is 2.83. The number of aromatic nitrogens is 3. The maximum Gasteiger partial charge on any atom is 0.153 e. The number of nitrogens with two attached hydrogens (primary N) is 1. The fourth-order valence-corrected chi connectivity index (χ4v) is 1.52. The van der Waals surface area contributed by atoms with Gasteiger partial charge in [0.2, 0.25) is 0 Å². The normalized spacial score (nSPS) is 12.6. The molecule has 0 saturated carbocycles. The SMILES string of the molecule is CCC(N)Cc1ccc(-n2cccn2)nc1. The molecule has 1 atom stereocenters. The topological polar surface area (TPSA) is 56.7 Å². The molecule has 4 heteroatoms. The van der Waals surface area contributed by atoms with Crippen molar-refractivity contribution in [3.63, 3.8) is 0 Å². The van der Waals surface area contributed by atoms with Crippen LogP contribution in [-0.4, -0.2) is 20.8 Å². The van der Waals surface area contributed by atoms with Gasteiger partial charge < -0.3 is 5.73 Å². The first-order valence-electron chi connectivity index (χ1n) is 5.50. The van der Waals surface area contributed by atoms with Crippen molar-refractivity contribution in [1.82, 2.24) is 14.8 Å². The zero-order chi connectivity index (χ0) is 11.4. The van der Waals surface area contributed by atoms with Gasteiger partial charge in [0.25, 0.3) is 0 Å². The summed E-state index contributed by atoms with van der Waals surface area (Å²) in [6.45, 7) is 2.09. The van der Waals surface area contributed by atoms with Crippen LogP contribution in [0.3, 0.4) is 0 Å². The van der Waals surface area contributed by atoms with Crippen molar-refractivity contribution in [3.8, 4) is 5.82 Å². The van der Waals surface area contributed by atoms with E-state index < -0.39 is 0 Å². The van der Waals surface area contributed by atoms with Crippen molar-refractivity contribution < 1.29 is 0 Å². The summed E-state index contributed by atoms with van der Waals surface area (Å²) in [5.74, 6) is 0.832. The van der Waals surface area contributed by atoms with E-state index in [9.17, 15) is 0 Å². The lowest BCUT2D eigenvalue weighted by Gasteiger charge is -2.08. The largest absolute Gasteiger partial charge is 0.327 e. The van der Waals surface area contributed by atoms with Gasteiger partial charge in [-0.3, -0.25) is 0 Å². The van der Waals surface area contributed by atoms with E-state index in [1.807, 2.05) is 24.5 Å². The molecule has 0 bridgehead atoms. The Balaban J connectivity index is 2.11. The number of hydrogen-bond acceptors (Lipinski definition) is 3. The Bertz CT molecular complexity index is 419. The third kappa shape index (κ3) is 2.46. The Labute approximate surface area is 95.1 Å². The van der Waals surface area contributed by atoms with Crippen molar-refractivity contribution in [2.45, 2.75) is 25.8 Å². The summed E-state index contributed by atoms with van der Waals surface area (Å²) >= 11 is 0. The molecule has 0 spiro atoms. The summed E-state index contributed by atoms with van der Waals surface area (Å²) in [6, 6.07) is 6.12. The van der Waals surface area contributed by atoms with Crippen molar-refractivity contribution in [2.75, 3.05) is 0 Å². The van der Waals surface area contributed by atoms with E-state index in [0.29, 0.717) is 0 Å². The van der Waals surface area contributed by atoms with E-state index in [1.165, 1.54) is 5.56 Å². The lowest BCUT2D eigenvalue weighted by atomic mass is 10.1. The molecule has 0 aliphatic carbocycles. The van der Waals surface area contributed by atoms with E-state index >= 15 is 0 Å². The van der Waals surface area contributed by atoms with Crippen LogP contribution >= 0.6 is 0 Å². The van der Waals surface area contributed by atoms with Crippen molar-refractivity contribution in [3.05, 3.63) is 42.4 Å². The average molecular weight is 216 g/mol. The number of rotatable bonds is 4. The molecule has 0 amide bonds. The van der Waals surface area contributed by atoms with Crippen molar-refractivity contribution in [2.24, 2.45) is 5.73 Å². The molecule has 4 nitrogen and oxygen atoms in total. The third-order valence-electron chi connectivity index (χ3n) is 2.57. The highest BCUT2D eigenvalue weighted by molar-refractivity contribution is 5.24. The van der Waals surface area contributed by atoms with Crippen molar-refractivity contribution >= 4 is 0 Å². The van der Waals surface area contributed by atoms with Gasteiger partial charge >= 0.3 is 0 Å². The molecule has 0 aliphatic rings. The minimum atomic E-state index is 0.220. The quantitative estimate of drug-likeness (QED) is 0.843. The van der Waals surface area contributed by atoms with Gasteiger partial charge in [-0.1, -0.05) is 13.0 Å². The first kappa shape index (κ1) is 10.8. The van der Waals surface area contributed by atoms with Gasteiger partial charge in [0.1, 0.15) is 0 Å². The van der Waals surface area contributed by atoms with Crippen LogP contribution in [0.25, 0.3) is 5.82 Å². The van der Waals surface area contributed by atoms with Crippen LogP contribution in [0.2, 0.25) is 0 Å². The van der Waals surface area contributed by atoms with Gasteiger partial charge in [-0.2, -0.15) is 5.10 Å². The maximum absolute atomic E-state index is 5.89. The summed E-state index contributed by atoms with van der Waals surface area (Å²) in [6.07, 6.45) is 7.35. The van der Waals surface area contributed by atoms with Crippen molar-refractivity contribution in [1.29, 1.82) is 0 Å². The fourth-order valence-electron chi connectivity index (χ4n) is 1.52. The smallest absolute Gasteiger partial charge is 0.153 e. The molecule has 2 aromatic heterocycles. The summed E-state index contributed by atoms with van der Waals surface area (Å²) in [7, 11) is 0. The summed E-state index contributed by atoms with van der Waals surface area (Å²) in [4.78, 5) is 4.35. The molecule has 2 N–H and O–H groups in total. The lowest BCUT2D eigenvalue weighted by molar-refractivity contribution is 0.644. The second-order valence-electron chi connectivity index (χ2n) is 3.85. The molecule has 0 radical (unpaired) electrons. The zero-order valence-electron chi connectivity index (χ0n) is 9.37. The standard InChI is InChI=1S/C12H16N4/c1-2-11(13)8-10-4-5-12(14-9-10)16-7-3-6-15-16/h3-7,9,11H,2,8,13H2,1H3.